The lowest BCUT2D eigenvalue weighted by Gasteiger charge is -2.13. The fourth-order valence-corrected chi connectivity index (χ4v) is 1.92. The van der Waals surface area contributed by atoms with Gasteiger partial charge < -0.3 is 14.8 Å². The highest BCUT2D eigenvalue weighted by atomic mass is 16.5. The van der Waals surface area contributed by atoms with Crippen LogP contribution in [0.3, 0.4) is 0 Å². The molecule has 1 aromatic rings. The summed E-state index contributed by atoms with van der Waals surface area (Å²) in [6, 6.07) is 7.47. The largest absolute Gasteiger partial charge is 0.491 e. The monoisotopic (exact) mass is 263 g/mol. The molecular weight excluding hydrogens is 242 g/mol. The number of anilines is 1. The van der Waals surface area contributed by atoms with E-state index in [4.69, 9.17) is 9.47 Å². The summed E-state index contributed by atoms with van der Waals surface area (Å²) in [4.78, 5) is 11.6. The predicted octanol–water partition coefficient (Wildman–Crippen LogP) is 2.84. The molecule has 1 aromatic carbocycles. The van der Waals surface area contributed by atoms with Gasteiger partial charge in [0, 0.05) is 24.3 Å². The van der Waals surface area contributed by atoms with E-state index in [1.807, 2.05) is 38.1 Å². The van der Waals surface area contributed by atoms with Crippen LogP contribution in [0, 0.1) is 5.92 Å². The first-order valence-corrected chi connectivity index (χ1v) is 6.80. The van der Waals surface area contributed by atoms with E-state index >= 15 is 0 Å². The van der Waals surface area contributed by atoms with Crippen molar-refractivity contribution in [2.45, 2.75) is 32.8 Å². The van der Waals surface area contributed by atoms with Crippen molar-refractivity contribution in [3.63, 3.8) is 0 Å². The number of amides is 1. The Morgan fingerprint density at radius 3 is 3.05 bits per heavy atom. The number of rotatable bonds is 5. The average Bonchev–Trinajstić information content (AvgIpc) is 2.90. The Labute approximate surface area is 114 Å². The minimum atomic E-state index is -0.0311. The van der Waals surface area contributed by atoms with Crippen LogP contribution in [0.2, 0.25) is 0 Å². The van der Waals surface area contributed by atoms with Gasteiger partial charge in [-0.3, -0.25) is 4.79 Å². The zero-order chi connectivity index (χ0) is 13.7. The number of carbonyl (C=O) groups excluding carboxylic acids is 1. The van der Waals surface area contributed by atoms with Crippen molar-refractivity contribution in [3.05, 3.63) is 24.3 Å². The van der Waals surface area contributed by atoms with Crippen molar-refractivity contribution in [2.75, 3.05) is 18.5 Å². The van der Waals surface area contributed by atoms with Gasteiger partial charge >= 0.3 is 0 Å². The number of benzene rings is 1. The van der Waals surface area contributed by atoms with E-state index in [0.717, 1.165) is 30.9 Å². The Kier molecular flexibility index (Phi) is 4.80. The maximum atomic E-state index is 11.6. The highest BCUT2D eigenvalue weighted by Crippen LogP contribution is 2.20. The smallest absolute Gasteiger partial charge is 0.226 e. The highest BCUT2D eigenvalue weighted by molar-refractivity contribution is 5.92. The summed E-state index contributed by atoms with van der Waals surface area (Å²) in [6.07, 6.45) is 2.37. The molecule has 104 valence electrons. The Morgan fingerprint density at radius 2 is 2.37 bits per heavy atom. The standard InChI is InChI=1S/C15H21NO3/c1-11(2)15(17)16-12-5-3-6-13(9-12)19-10-14-7-4-8-18-14/h3,5-6,9,11,14H,4,7-8,10H2,1-2H3,(H,16,17)/t14-/m0/s1. The van der Waals surface area contributed by atoms with Crippen LogP contribution in [0.25, 0.3) is 0 Å². The number of hydrogen-bond donors (Lipinski definition) is 1. The summed E-state index contributed by atoms with van der Waals surface area (Å²) < 4.78 is 11.2. The molecule has 1 fully saturated rings. The van der Waals surface area contributed by atoms with Crippen LogP contribution in [0.1, 0.15) is 26.7 Å². The van der Waals surface area contributed by atoms with E-state index in [1.54, 1.807) is 0 Å². The first-order valence-electron chi connectivity index (χ1n) is 6.80. The Bertz CT molecular complexity index is 425. The number of ether oxygens (including phenoxy) is 2. The molecule has 0 spiro atoms. The summed E-state index contributed by atoms with van der Waals surface area (Å²) >= 11 is 0. The van der Waals surface area contributed by atoms with Crippen molar-refractivity contribution < 1.29 is 14.3 Å². The quantitative estimate of drug-likeness (QED) is 0.888. The third-order valence-corrected chi connectivity index (χ3v) is 3.09. The van der Waals surface area contributed by atoms with Gasteiger partial charge in [0.1, 0.15) is 12.4 Å². The first kappa shape index (κ1) is 13.9. The van der Waals surface area contributed by atoms with Gasteiger partial charge in [0.25, 0.3) is 0 Å². The van der Waals surface area contributed by atoms with Gasteiger partial charge in [-0.25, -0.2) is 0 Å². The maximum Gasteiger partial charge on any atom is 0.226 e. The molecule has 1 heterocycles. The molecule has 1 saturated heterocycles. The van der Waals surface area contributed by atoms with E-state index in [9.17, 15) is 4.79 Å². The SMILES string of the molecule is CC(C)C(=O)Nc1cccc(OC[C@@H]2CCCO2)c1. The molecule has 0 bridgehead atoms. The first-order chi connectivity index (χ1) is 9.15. The van der Waals surface area contributed by atoms with Crippen molar-refractivity contribution in [1.82, 2.24) is 0 Å². The van der Waals surface area contributed by atoms with Crippen molar-refractivity contribution in [1.29, 1.82) is 0 Å². The highest BCUT2D eigenvalue weighted by Gasteiger charge is 2.16. The van der Waals surface area contributed by atoms with Crippen LogP contribution in [-0.4, -0.2) is 25.2 Å². The number of hydrogen-bond acceptors (Lipinski definition) is 3. The van der Waals surface area contributed by atoms with Crippen molar-refractivity contribution in [2.24, 2.45) is 5.92 Å². The molecular formula is C15H21NO3. The Hall–Kier alpha value is -1.55. The molecule has 0 saturated carbocycles. The molecule has 4 nitrogen and oxygen atoms in total. The average molecular weight is 263 g/mol. The lowest BCUT2D eigenvalue weighted by Crippen LogP contribution is -2.18. The van der Waals surface area contributed by atoms with E-state index in [0.29, 0.717) is 6.61 Å². The minimum Gasteiger partial charge on any atom is -0.491 e. The Morgan fingerprint density at radius 1 is 1.53 bits per heavy atom. The van der Waals surface area contributed by atoms with E-state index in [2.05, 4.69) is 5.32 Å². The molecule has 0 aromatic heterocycles. The van der Waals surface area contributed by atoms with Crippen molar-refractivity contribution in [3.8, 4) is 5.75 Å². The van der Waals surface area contributed by atoms with Gasteiger partial charge in [-0.1, -0.05) is 19.9 Å². The maximum absolute atomic E-state index is 11.6. The third kappa shape index (κ3) is 4.24. The number of carbonyl (C=O) groups is 1. The summed E-state index contributed by atoms with van der Waals surface area (Å²) in [6.45, 7) is 5.14. The molecule has 4 heteroatoms. The van der Waals surface area contributed by atoms with Crippen LogP contribution in [-0.2, 0) is 9.53 Å². The lowest BCUT2D eigenvalue weighted by molar-refractivity contribution is -0.118. The summed E-state index contributed by atoms with van der Waals surface area (Å²) in [5.41, 5.74) is 0.767. The van der Waals surface area contributed by atoms with Gasteiger partial charge in [0.2, 0.25) is 5.91 Å². The number of nitrogens with one attached hydrogen (secondary N) is 1. The molecule has 0 unspecified atom stereocenters. The van der Waals surface area contributed by atoms with Gasteiger partial charge in [-0.2, -0.15) is 0 Å². The molecule has 2 rings (SSSR count). The minimum absolute atomic E-state index is 0.0104. The second-order valence-electron chi connectivity index (χ2n) is 5.12. The normalized spacial score (nSPS) is 18.6. The molecule has 0 radical (unpaired) electrons. The zero-order valence-electron chi connectivity index (χ0n) is 11.5. The molecule has 1 atom stereocenters. The molecule has 19 heavy (non-hydrogen) atoms. The second kappa shape index (κ2) is 6.57. The third-order valence-electron chi connectivity index (χ3n) is 3.09. The van der Waals surface area contributed by atoms with E-state index in [-0.39, 0.29) is 17.9 Å². The van der Waals surface area contributed by atoms with E-state index in [1.165, 1.54) is 0 Å². The molecule has 1 aliphatic heterocycles. The van der Waals surface area contributed by atoms with Crippen molar-refractivity contribution >= 4 is 11.6 Å². The van der Waals surface area contributed by atoms with Crippen LogP contribution in [0.15, 0.2) is 24.3 Å². The van der Waals surface area contributed by atoms with Gasteiger partial charge in [0.05, 0.1) is 6.10 Å². The second-order valence-corrected chi connectivity index (χ2v) is 5.12. The van der Waals surface area contributed by atoms with Crippen LogP contribution in [0.5, 0.6) is 5.75 Å². The van der Waals surface area contributed by atoms with Gasteiger partial charge in [0.15, 0.2) is 0 Å². The van der Waals surface area contributed by atoms with Crippen LogP contribution < -0.4 is 10.1 Å². The zero-order valence-corrected chi connectivity index (χ0v) is 11.5. The lowest BCUT2D eigenvalue weighted by atomic mass is 10.2. The van der Waals surface area contributed by atoms with Crippen LogP contribution >= 0.6 is 0 Å². The topological polar surface area (TPSA) is 47.6 Å². The summed E-state index contributed by atoms with van der Waals surface area (Å²) in [5.74, 6) is 0.741. The predicted molar refractivity (Wildman–Crippen MR) is 74.4 cm³/mol. The van der Waals surface area contributed by atoms with Crippen LogP contribution in [0.4, 0.5) is 5.69 Å². The Balaban J connectivity index is 1.89. The molecule has 1 amide bonds. The van der Waals surface area contributed by atoms with E-state index < -0.39 is 0 Å². The molecule has 0 aliphatic carbocycles. The fraction of sp³-hybridized carbons (Fsp3) is 0.533. The van der Waals surface area contributed by atoms with Gasteiger partial charge in [-0.15, -0.1) is 0 Å². The summed E-state index contributed by atoms with van der Waals surface area (Å²) in [5, 5.41) is 2.86. The molecule has 1 aliphatic rings. The summed E-state index contributed by atoms with van der Waals surface area (Å²) in [7, 11) is 0. The fourth-order valence-electron chi connectivity index (χ4n) is 1.92. The van der Waals surface area contributed by atoms with Gasteiger partial charge in [-0.05, 0) is 25.0 Å². The molecule has 1 N–H and O–H groups in total.